The Kier molecular flexibility index (Phi) is 4.47. The number of aromatic amines is 1. The molecule has 0 radical (unpaired) electrons. The normalized spacial score (nSPS) is 12.2. The average molecular weight is 342 g/mol. The highest BCUT2D eigenvalue weighted by molar-refractivity contribution is 7.89. The molecule has 2 aromatic carbocycles. The number of nitrogens with one attached hydrogen (secondary N) is 1. The maximum atomic E-state index is 12.7. The van der Waals surface area contributed by atoms with Crippen molar-refractivity contribution in [2.75, 3.05) is 13.6 Å². The van der Waals surface area contributed by atoms with Gasteiger partial charge in [-0.15, -0.1) is 0 Å². The number of aryl methyl sites for hydroxylation is 2. The first-order valence-corrected chi connectivity index (χ1v) is 9.42. The molecule has 5 heteroatoms. The Labute approximate surface area is 143 Å². The summed E-state index contributed by atoms with van der Waals surface area (Å²) in [6.45, 7) is 4.35. The SMILES string of the molecule is Cc1ccc(S(=O)(=O)N(C)CCc2c[nH]c3ccccc23)cc1C. The molecule has 1 heterocycles. The lowest BCUT2D eigenvalue weighted by molar-refractivity contribution is 0.473. The number of benzene rings is 2. The van der Waals surface area contributed by atoms with Crippen LogP contribution in [-0.4, -0.2) is 31.3 Å². The minimum atomic E-state index is -3.46. The molecule has 0 fully saturated rings. The fraction of sp³-hybridized carbons (Fsp3) is 0.263. The van der Waals surface area contributed by atoms with Gasteiger partial charge in [-0.05, 0) is 55.2 Å². The zero-order valence-electron chi connectivity index (χ0n) is 14.2. The van der Waals surface area contributed by atoms with E-state index in [9.17, 15) is 8.42 Å². The predicted molar refractivity (Wildman–Crippen MR) is 97.7 cm³/mol. The Bertz CT molecular complexity index is 974. The van der Waals surface area contributed by atoms with Crippen molar-refractivity contribution < 1.29 is 8.42 Å². The first kappa shape index (κ1) is 16.7. The van der Waals surface area contributed by atoms with Crippen LogP contribution in [0.15, 0.2) is 53.6 Å². The van der Waals surface area contributed by atoms with Crippen molar-refractivity contribution in [3.05, 3.63) is 65.4 Å². The van der Waals surface area contributed by atoms with E-state index in [1.54, 1.807) is 19.2 Å². The van der Waals surface area contributed by atoms with Crippen LogP contribution in [0.5, 0.6) is 0 Å². The van der Waals surface area contributed by atoms with Gasteiger partial charge in [-0.2, -0.15) is 0 Å². The van der Waals surface area contributed by atoms with Gasteiger partial charge in [-0.1, -0.05) is 24.3 Å². The van der Waals surface area contributed by atoms with E-state index in [-0.39, 0.29) is 0 Å². The number of hydrogen-bond donors (Lipinski definition) is 1. The minimum Gasteiger partial charge on any atom is -0.361 e. The lowest BCUT2D eigenvalue weighted by Gasteiger charge is -2.17. The van der Waals surface area contributed by atoms with Crippen LogP contribution >= 0.6 is 0 Å². The van der Waals surface area contributed by atoms with Crippen LogP contribution in [-0.2, 0) is 16.4 Å². The summed E-state index contributed by atoms with van der Waals surface area (Å²) >= 11 is 0. The molecule has 0 saturated carbocycles. The van der Waals surface area contributed by atoms with E-state index >= 15 is 0 Å². The number of rotatable bonds is 5. The Morgan fingerprint density at radius 2 is 1.79 bits per heavy atom. The van der Waals surface area contributed by atoms with Gasteiger partial charge in [-0.3, -0.25) is 0 Å². The molecule has 3 rings (SSSR count). The van der Waals surface area contributed by atoms with Crippen LogP contribution in [0.4, 0.5) is 0 Å². The van der Waals surface area contributed by atoms with Crippen LogP contribution in [0.1, 0.15) is 16.7 Å². The molecule has 126 valence electrons. The number of aromatic nitrogens is 1. The molecule has 1 N–H and O–H groups in total. The highest BCUT2D eigenvalue weighted by Gasteiger charge is 2.21. The third-order valence-electron chi connectivity index (χ3n) is 4.56. The molecule has 0 atom stereocenters. The second kappa shape index (κ2) is 6.42. The van der Waals surface area contributed by atoms with Gasteiger partial charge in [-0.25, -0.2) is 12.7 Å². The molecule has 0 aliphatic rings. The Morgan fingerprint density at radius 3 is 2.54 bits per heavy atom. The quantitative estimate of drug-likeness (QED) is 0.769. The van der Waals surface area contributed by atoms with Gasteiger partial charge in [0.25, 0.3) is 0 Å². The lowest BCUT2D eigenvalue weighted by atomic mass is 10.1. The summed E-state index contributed by atoms with van der Waals surface area (Å²) in [5.74, 6) is 0. The second-order valence-electron chi connectivity index (χ2n) is 6.18. The van der Waals surface area contributed by atoms with Gasteiger partial charge in [0, 0.05) is 30.7 Å². The lowest BCUT2D eigenvalue weighted by Crippen LogP contribution is -2.29. The standard InChI is InChI=1S/C19H22N2O2S/c1-14-8-9-17(12-15(14)2)24(22,23)21(3)11-10-16-13-20-19-7-5-4-6-18(16)19/h4-9,12-13,20H,10-11H2,1-3H3. The molecular formula is C19H22N2O2S. The van der Waals surface area contributed by atoms with Crippen molar-refractivity contribution in [2.24, 2.45) is 0 Å². The molecule has 24 heavy (non-hydrogen) atoms. The molecule has 0 spiro atoms. The van der Waals surface area contributed by atoms with Crippen molar-refractivity contribution in [1.29, 1.82) is 0 Å². The first-order chi connectivity index (χ1) is 11.4. The maximum absolute atomic E-state index is 12.7. The molecule has 0 bridgehead atoms. The average Bonchev–Trinajstić information content (AvgIpc) is 2.98. The number of nitrogens with zero attached hydrogens (tertiary/aromatic N) is 1. The number of fused-ring (bicyclic) bond motifs is 1. The van der Waals surface area contributed by atoms with Gasteiger partial charge in [0.15, 0.2) is 0 Å². The van der Waals surface area contributed by atoms with E-state index in [4.69, 9.17) is 0 Å². The second-order valence-corrected chi connectivity index (χ2v) is 8.23. The fourth-order valence-corrected chi connectivity index (χ4v) is 4.05. The Hall–Kier alpha value is -2.11. The van der Waals surface area contributed by atoms with Gasteiger partial charge in [0.2, 0.25) is 10.0 Å². The first-order valence-electron chi connectivity index (χ1n) is 7.98. The summed E-state index contributed by atoms with van der Waals surface area (Å²) in [6, 6.07) is 13.3. The summed E-state index contributed by atoms with van der Waals surface area (Å²) < 4.78 is 26.9. The number of H-pyrrole nitrogens is 1. The van der Waals surface area contributed by atoms with Crippen LogP contribution in [0.3, 0.4) is 0 Å². The van der Waals surface area contributed by atoms with Gasteiger partial charge in [0.1, 0.15) is 0 Å². The number of para-hydroxylation sites is 1. The van der Waals surface area contributed by atoms with Gasteiger partial charge < -0.3 is 4.98 Å². The van der Waals surface area contributed by atoms with Crippen molar-refractivity contribution >= 4 is 20.9 Å². The van der Waals surface area contributed by atoms with Crippen molar-refractivity contribution in [2.45, 2.75) is 25.2 Å². The summed E-state index contributed by atoms with van der Waals surface area (Å²) in [6.07, 6.45) is 2.63. The molecule has 0 saturated heterocycles. The van der Waals surface area contributed by atoms with Crippen LogP contribution in [0.25, 0.3) is 10.9 Å². The summed E-state index contributed by atoms with van der Waals surface area (Å²) in [7, 11) is -1.82. The van der Waals surface area contributed by atoms with Crippen LogP contribution in [0, 0.1) is 13.8 Å². The molecule has 0 aliphatic heterocycles. The summed E-state index contributed by atoms with van der Waals surface area (Å²) in [5.41, 5.74) is 4.29. The molecule has 0 amide bonds. The summed E-state index contributed by atoms with van der Waals surface area (Å²) in [4.78, 5) is 3.58. The van der Waals surface area contributed by atoms with Crippen LogP contribution in [0.2, 0.25) is 0 Å². The number of hydrogen-bond acceptors (Lipinski definition) is 2. The van der Waals surface area contributed by atoms with E-state index in [0.29, 0.717) is 17.9 Å². The molecule has 3 aromatic rings. The van der Waals surface area contributed by atoms with Crippen LogP contribution < -0.4 is 0 Å². The van der Waals surface area contributed by atoms with E-state index in [0.717, 1.165) is 27.6 Å². The maximum Gasteiger partial charge on any atom is 0.242 e. The van der Waals surface area contributed by atoms with E-state index in [1.165, 1.54) is 4.31 Å². The van der Waals surface area contributed by atoms with Gasteiger partial charge >= 0.3 is 0 Å². The topological polar surface area (TPSA) is 53.2 Å². The third kappa shape index (κ3) is 3.09. The number of sulfonamides is 1. The zero-order valence-corrected chi connectivity index (χ0v) is 15.0. The monoisotopic (exact) mass is 342 g/mol. The number of likely N-dealkylation sites (N-methyl/N-ethyl adjacent to an activating group) is 1. The Morgan fingerprint density at radius 1 is 1.04 bits per heavy atom. The molecule has 0 aliphatic carbocycles. The molecular weight excluding hydrogens is 320 g/mol. The van der Waals surface area contributed by atoms with E-state index in [2.05, 4.69) is 11.1 Å². The van der Waals surface area contributed by atoms with Crippen molar-refractivity contribution in [1.82, 2.24) is 9.29 Å². The zero-order chi connectivity index (χ0) is 17.3. The summed E-state index contributed by atoms with van der Waals surface area (Å²) in [5, 5.41) is 1.15. The fourth-order valence-electron chi connectivity index (χ4n) is 2.79. The largest absolute Gasteiger partial charge is 0.361 e. The predicted octanol–water partition coefficient (Wildman–Crippen LogP) is 3.65. The molecule has 4 nitrogen and oxygen atoms in total. The minimum absolute atomic E-state index is 0.354. The van der Waals surface area contributed by atoms with E-state index < -0.39 is 10.0 Å². The smallest absolute Gasteiger partial charge is 0.242 e. The Balaban J connectivity index is 1.78. The molecule has 0 unspecified atom stereocenters. The van der Waals surface area contributed by atoms with Crippen molar-refractivity contribution in [3.8, 4) is 0 Å². The highest BCUT2D eigenvalue weighted by Crippen LogP contribution is 2.21. The highest BCUT2D eigenvalue weighted by atomic mass is 32.2. The van der Waals surface area contributed by atoms with Gasteiger partial charge in [0.05, 0.1) is 4.90 Å². The third-order valence-corrected chi connectivity index (χ3v) is 6.41. The van der Waals surface area contributed by atoms with E-state index in [1.807, 2.05) is 44.3 Å². The van der Waals surface area contributed by atoms with Crippen molar-refractivity contribution in [3.63, 3.8) is 0 Å². The molecule has 1 aromatic heterocycles.